The summed E-state index contributed by atoms with van der Waals surface area (Å²) in [6, 6.07) is 53.1. The number of aryl methyl sites for hydroxylation is 5. The Bertz CT molecular complexity index is 5450. The maximum Gasteiger partial charge on any atom is 0.410 e. The number of hydrogen-bond acceptors (Lipinski definition) is 23. The Balaban J connectivity index is 0.000000184. The summed E-state index contributed by atoms with van der Waals surface area (Å²) in [5, 5.41) is 94.4. The predicted molar refractivity (Wildman–Crippen MR) is 441 cm³/mol. The molecule has 1 aromatic heterocycles. The summed E-state index contributed by atoms with van der Waals surface area (Å²) >= 11 is 0. The Morgan fingerprint density at radius 1 is 0.471 bits per heavy atom. The molecule has 0 radical (unpaired) electrons. The van der Waals surface area contributed by atoms with Gasteiger partial charge in [-0.1, -0.05) is 54.6 Å². The number of carboxylic acids is 1. The lowest BCUT2D eigenvalue weighted by Crippen LogP contribution is -2.36. The number of aliphatic hydroxyl groups excluding tert-OH is 3. The number of hydrogen-bond donors (Lipinski definition) is 7. The molecular formula is C92H95N9O18. The molecule has 12 rings (SSSR count). The minimum absolute atomic E-state index is 0.0153. The third-order valence-electron chi connectivity index (χ3n) is 19.0. The molecule has 6 unspecified atom stereocenters. The number of phenolic OH excluding ortho intramolecular Hbond substituents is 1. The molecule has 27 heteroatoms. The second-order valence-electron chi connectivity index (χ2n) is 31.0. The first-order valence-corrected chi connectivity index (χ1v) is 38.0. The zero-order valence-corrected chi connectivity index (χ0v) is 68.5. The lowest BCUT2D eigenvalue weighted by atomic mass is 9.96. The molecule has 27 nitrogen and oxygen atoms in total. The van der Waals surface area contributed by atoms with Crippen molar-refractivity contribution in [3.63, 3.8) is 0 Å². The molecule has 3 saturated heterocycles. The molecule has 616 valence electrons. The van der Waals surface area contributed by atoms with Gasteiger partial charge in [0.15, 0.2) is 0 Å². The molecule has 0 aliphatic carbocycles. The number of pyridine rings is 1. The van der Waals surface area contributed by atoms with E-state index < -0.39 is 77.9 Å². The number of β-amino-alcohol motifs (C(OH)–C–C–N with tert-alkyl or cyclic N) is 3. The number of ether oxygens (including phenoxy) is 7. The molecule has 3 aliphatic rings. The van der Waals surface area contributed by atoms with Crippen LogP contribution in [0.1, 0.15) is 152 Å². The number of aromatic hydroxyl groups is 1. The van der Waals surface area contributed by atoms with E-state index >= 15 is 0 Å². The Hall–Kier alpha value is -13.7. The average Bonchev–Trinajstić information content (AvgIpc) is 1.77. The third-order valence-corrected chi connectivity index (χ3v) is 19.0. The van der Waals surface area contributed by atoms with Gasteiger partial charge >= 0.3 is 30.1 Å². The Morgan fingerprint density at radius 2 is 0.840 bits per heavy atom. The van der Waals surface area contributed by atoms with Gasteiger partial charge in [-0.05, 0) is 259 Å². The van der Waals surface area contributed by atoms with Crippen LogP contribution in [-0.2, 0) is 18.9 Å². The van der Waals surface area contributed by atoms with Crippen LogP contribution < -0.4 is 24.8 Å². The van der Waals surface area contributed by atoms with Crippen LogP contribution in [0.2, 0.25) is 0 Å². The molecule has 7 atom stereocenters. The third kappa shape index (κ3) is 24.2. The SMILES string of the molecule is COC(=O)c1cc(O)cc(-c2ccc(C)cc2C#N)c1.COC(=O)c1cc(OC2CN(C(=O)OC(C)(C)C)CC2O)cc(-c2ccc(C)cc2C#N)c1.Cc1ccc(-c2cc(OC3CN(C(=O)OC(C)(C)C)CC3O)cc(C(=O)O)c2)c(C#N)c1.Cc1ccc(-c2cc(OC3CNCC3O)cc(C(=O)N[C@H](C)c3ccc(C)nc3)c2)c(C#N)c1. The van der Waals surface area contributed by atoms with E-state index in [1.54, 1.807) is 121 Å². The van der Waals surface area contributed by atoms with Gasteiger partial charge in [-0.3, -0.25) is 9.78 Å². The first kappa shape index (κ1) is 89.3. The van der Waals surface area contributed by atoms with Crippen LogP contribution in [0, 0.1) is 79.9 Å². The number of nitrogens with zero attached hydrogens (tertiary/aromatic N) is 7. The summed E-state index contributed by atoms with van der Waals surface area (Å²) in [4.78, 5) is 80.5. The monoisotopic (exact) mass is 1610 g/mol. The number of aromatic carboxylic acids is 1. The highest BCUT2D eigenvalue weighted by Gasteiger charge is 2.40. The van der Waals surface area contributed by atoms with Gasteiger partial charge in [0.25, 0.3) is 5.91 Å². The van der Waals surface area contributed by atoms with Crippen molar-refractivity contribution in [1.82, 2.24) is 25.4 Å². The van der Waals surface area contributed by atoms with Gasteiger partial charge in [0.05, 0.1) is 110 Å². The number of aromatic nitrogens is 1. The summed E-state index contributed by atoms with van der Waals surface area (Å²) in [6.07, 6.45) is -3.76. The topological polar surface area (TPSA) is 407 Å². The first-order chi connectivity index (χ1) is 56.3. The predicted octanol–water partition coefficient (Wildman–Crippen LogP) is 13.7. The van der Waals surface area contributed by atoms with Crippen molar-refractivity contribution in [1.29, 1.82) is 21.0 Å². The quantitative estimate of drug-likeness (QED) is 0.0349. The number of methoxy groups -OCH3 is 2. The van der Waals surface area contributed by atoms with Crippen molar-refractivity contribution < 1.29 is 87.5 Å². The molecule has 3 amide bonds. The minimum atomic E-state index is -1.15. The summed E-state index contributed by atoms with van der Waals surface area (Å²) < 4.78 is 38.2. The van der Waals surface area contributed by atoms with E-state index in [1.807, 2.05) is 96.1 Å². The van der Waals surface area contributed by atoms with Crippen molar-refractivity contribution in [3.05, 3.63) is 242 Å². The number of phenols is 1. The van der Waals surface area contributed by atoms with Crippen LogP contribution in [0.4, 0.5) is 9.59 Å². The fourth-order valence-electron chi connectivity index (χ4n) is 13.1. The van der Waals surface area contributed by atoms with Gasteiger partial charge in [0.1, 0.15) is 70.8 Å². The molecule has 9 aromatic rings. The molecule has 0 spiro atoms. The van der Waals surface area contributed by atoms with Crippen molar-refractivity contribution >= 4 is 36.0 Å². The number of nitriles is 4. The van der Waals surface area contributed by atoms with Crippen LogP contribution in [-0.4, -0.2) is 178 Å². The Labute approximate surface area is 690 Å². The maximum absolute atomic E-state index is 13.2. The van der Waals surface area contributed by atoms with Crippen molar-refractivity contribution in [2.45, 2.75) is 137 Å². The zero-order chi connectivity index (χ0) is 86.9. The van der Waals surface area contributed by atoms with Crippen molar-refractivity contribution in [2.24, 2.45) is 0 Å². The number of carboxylic acid groups (broad SMARTS) is 1. The van der Waals surface area contributed by atoms with E-state index in [0.717, 1.165) is 33.5 Å². The largest absolute Gasteiger partial charge is 0.508 e. The number of carbonyl (C=O) groups excluding carboxylic acids is 5. The van der Waals surface area contributed by atoms with Crippen LogP contribution in [0.15, 0.2) is 164 Å². The highest BCUT2D eigenvalue weighted by atomic mass is 16.6. The van der Waals surface area contributed by atoms with Gasteiger partial charge in [0.2, 0.25) is 0 Å². The van der Waals surface area contributed by atoms with E-state index in [1.165, 1.54) is 54.4 Å². The van der Waals surface area contributed by atoms with Crippen LogP contribution in [0.25, 0.3) is 44.5 Å². The number of esters is 2. The van der Waals surface area contributed by atoms with E-state index in [9.17, 15) is 75.3 Å². The van der Waals surface area contributed by atoms with Gasteiger partial charge in [-0.25, -0.2) is 24.0 Å². The average molecular weight is 1610 g/mol. The highest BCUT2D eigenvalue weighted by Crippen LogP contribution is 2.37. The molecule has 4 heterocycles. The van der Waals surface area contributed by atoms with Crippen molar-refractivity contribution in [2.75, 3.05) is 53.5 Å². The molecule has 119 heavy (non-hydrogen) atoms. The standard InChI is InChI=1S/C27H28N4O3.C25H28N2O6.C24H26N2O6.C16H13NO3/c1-16-4-7-24(22(8-16)12-28)20-9-21(11-23(10-20)34-26-15-29-14-25(26)32)27(33)31-18(3)19-6-5-17(2)30-13-19;1-15-6-7-20(18(8-15)12-26)16-9-17(23(29)31-5)11-19(10-16)32-22-14-27(13-21(22)28)24(30)33-25(2,3)4;1-14-5-6-19(17(7-14)11-25)15-8-16(22(28)29)10-18(9-15)31-21-13-26(12-20(21)27)23(30)32-24(2,3)4;1-10-3-4-15(13(5-10)9-17)11-6-12(16(19)20-2)8-14(18)7-11/h4-11,13,18,25-26,29,32H,14-15H2,1-3H3,(H,31,33);6-11,21-22,28H,13-14H2,1-5H3;5-10,20-21,27H,12-13H2,1-4H3,(H,28,29);3-8,18H,1-2H3/t18-,25?,26?;;;/m1.../s1. The molecule has 3 fully saturated rings. The smallest absolute Gasteiger partial charge is 0.410 e. The summed E-state index contributed by atoms with van der Waals surface area (Å²) in [7, 11) is 2.56. The van der Waals surface area contributed by atoms with Gasteiger partial charge in [0, 0.05) is 30.5 Å². The normalized spacial score (nSPS) is 16.7. The van der Waals surface area contributed by atoms with Gasteiger partial charge < -0.3 is 79.1 Å². The fourth-order valence-corrected chi connectivity index (χ4v) is 13.1. The number of carbonyl (C=O) groups is 6. The van der Waals surface area contributed by atoms with E-state index in [0.29, 0.717) is 96.9 Å². The van der Waals surface area contributed by atoms with Gasteiger partial charge in [-0.15, -0.1) is 0 Å². The maximum atomic E-state index is 13.2. The van der Waals surface area contributed by atoms with Gasteiger partial charge in [-0.2, -0.15) is 21.0 Å². The number of amides is 3. The molecule has 8 aromatic carbocycles. The molecule has 0 bridgehead atoms. The molecule has 3 aliphatic heterocycles. The van der Waals surface area contributed by atoms with Crippen LogP contribution >= 0.6 is 0 Å². The Kier molecular flexibility index (Phi) is 29.5. The second kappa shape index (κ2) is 39.3. The van der Waals surface area contributed by atoms with Crippen LogP contribution in [0.5, 0.6) is 23.0 Å². The lowest BCUT2D eigenvalue weighted by molar-refractivity contribution is 0.0259. The highest BCUT2D eigenvalue weighted by molar-refractivity contribution is 5.97. The van der Waals surface area contributed by atoms with E-state index in [-0.39, 0.29) is 66.3 Å². The summed E-state index contributed by atoms with van der Waals surface area (Å²) in [6.45, 7) is 23.3. The molecular weight excluding hydrogens is 1520 g/mol. The first-order valence-electron chi connectivity index (χ1n) is 38.0. The molecule has 7 N–H and O–H groups in total. The number of nitrogens with one attached hydrogen (secondary N) is 2. The Morgan fingerprint density at radius 3 is 1.20 bits per heavy atom. The number of benzene rings is 8. The number of likely N-dealkylation sites (tertiary alicyclic amines) is 2. The van der Waals surface area contributed by atoms with E-state index in [2.05, 4.69) is 44.6 Å². The summed E-state index contributed by atoms with van der Waals surface area (Å²) in [5.74, 6) is -1.56. The molecule has 0 saturated carbocycles. The fraction of sp³-hybridized carbons (Fsp3) is 0.315. The summed E-state index contributed by atoms with van der Waals surface area (Å²) in [5.41, 5.74) is 12.0. The number of rotatable bonds is 16. The zero-order valence-electron chi connectivity index (χ0n) is 68.5. The lowest BCUT2D eigenvalue weighted by Gasteiger charge is -2.24. The second-order valence-corrected chi connectivity index (χ2v) is 31.0. The number of aliphatic hydroxyl groups is 3. The van der Waals surface area contributed by atoms with Crippen molar-refractivity contribution in [3.8, 4) is 91.8 Å². The van der Waals surface area contributed by atoms with E-state index in [4.69, 9.17) is 28.4 Å². The van der Waals surface area contributed by atoms with Crippen LogP contribution in [0.3, 0.4) is 0 Å². The minimum Gasteiger partial charge on any atom is -0.508 e.